The van der Waals surface area contributed by atoms with Gasteiger partial charge in [-0.3, -0.25) is 9.59 Å². The number of carbonyl (C=O) groups is 2. The van der Waals surface area contributed by atoms with Crippen LogP contribution in [-0.2, 0) is 9.53 Å². The van der Waals surface area contributed by atoms with E-state index in [9.17, 15) is 14.7 Å². The molecule has 0 saturated carbocycles. The lowest BCUT2D eigenvalue weighted by atomic mass is 9.96. The standard InChI is InChI=1S/C24H24BrNO4/c1-4-30-21(28)11-10-20(27)23-24(29)22(25)18-9-8-17(13-19(18)26-23)16-7-5-6-15(12-16)14(2)3/h5-9,12-14,29H,4,10-11H2,1-3H3. The van der Waals surface area contributed by atoms with Crippen molar-refractivity contribution in [2.24, 2.45) is 0 Å². The van der Waals surface area contributed by atoms with Crippen LogP contribution in [-0.4, -0.2) is 28.4 Å². The van der Waals surface area contributed by atoms with E-state index in [1.54, 1.807) is 6.92 Å². The maximum absolute atomic E-state index is 12.6. The van der Waals surface area contributed by atoms with Gasteiger partial charge >= 0.3 is 5.97 Å². The fourth-order valence-corrected chi connectivity index (χ4v) is 3.76. The quantitative estimate of drug-likeness (QED) is 0.338. The molecule has 0 atom stereocenters. The first kappa shape index (κ1) is 22.0. The summed E-state index contributed by atoms with van der Waals surface area (Å²) in [6.07, 6.45) is -0.126. The first-order valence-electron chi connectivity index (χ1n) is 9.93. The van der Waals surface area contributed by atoms with Crippen LogP contribution >= 0.6 is 15.9 Å². The zero-order valence-corrected chi connectivity index (χ0v) is 18.8. The predicted molar refractivity (Wildman–Crippen MR) is 121 cm³/mol. The largest absolute Gasteiger partial charge is 0.504 e. The summed E-state index contributed by atoms with van der Waals surface area (Å²) in [6.45, 7) is 6.27. The number of hydrogen-bond donors (Lipinski definition) is 1. The third kappa shape index (κ3) is 4.70. The van der Waals surface area contributed by atoms with Crippen molar-refractivity contribution in [2.75, 3.05) is 6.61 Å². The number of aromatic hydroxyl groups is 1. The third-order valence-electron chi connectivity index (χ3n) is 4.91. The second kappa shape index (κ2) is 9.39. The van der Waals surface area contributed by atoms with Crippen molar-refractivity contribution >= 4 is 38.6 Å². The average molecular weight is 470 g/mol. The molecule has 0 aliphatic rings. The minimum Gasteiger partial charge on any atom is -0.504 e. The number of pyridine rings is 1. The van der Waals surface area contributed by atoms with E-state index in [2.05, 4.69) is 46.9 Å². The van der Waals surface area contributed by atoms with Gasteiger partial charge < -0.3 is 9.84 Å². The van der Waals surface area contributed by atoms with Gasteiger partial charge in [0, 0.05) is 11.8 Å². The number of halogens is 1. The summed E-state index contributed by atoms with van der Waals surface area (Å²) in [5.41, 5.74) is 3.81. The molecule has 3 aromatic rings. The normalized spacial score (nSPS) is 11.1. The molecular formula is C24H24BrNO4. The van der Waals surface area contributed by atoms with Crippen LogP contribution in [0.3, 0.4) is 0 Å². The van der Waals surface area contributed by atoms with Gasteiger partial charge in [0.2, 0.25) is 0 Å². The molecule has 0 spiro atoms. The molecular weight excluding hydrogens is 446 g/mol. The maximum atomic E-state index is 12.6. The van der Waals surface area contributed by atoms with Crippen LogP contribution in [0.2, 0.25) is 0 Å². The van der Waals surface area contributed by atoms with E-state index in [1.165, 1.54) is 5.56 Å². The summed E-state index contributed by atoms with van der Waals surface area (Å²) in [6, 6.07) is 14.1. The molecule has 156 valence electrons. The number of esters is 1. The van der Waals surface area contributed by atoms with Crippen molar-refractivity contribution in [1.29, 1.82) is 0 Å². The molecule has 0 amide bonds. The highest BCUT2D eigenvalue weighted by Gasteiger charge is 2.20. The number of aromatic nitrogens is 1. The first-order valence-corrected chi connectivity index (χ1v) is 10.7. The van der Waals surface area contributed by atoms with Crippen molar-refractivity contribution in [1.82, 2.24) is 4.98 Å². The maximum Gasteiger partial charge on any atom is 0.306 e. The van der Waals surface area contributed by atoms with Crippen molar-refractivity contribution in [2.45, 2.75) is 39.5 Å². The Morgan fingerprint density at radius 1 is 1.10 bits per heavy atom. The smallest absolute Gasteiger partial charge is 0.306 e. The number of hydrogen-bond acceptors (Lipinski definition) is 5. The van der Waals surface area contributed by atoms with Crippen LogP contribution in [0.1, 0.15) is 55.6 Å². The van der Waals surface area contributed by atoms with Crippen LogP contribution < -0.4 is 0 Å². The van der Waals surface area contributed by atoms with Gasteiger partial charge in [-0.15, -0.1) is 0 Å². The lowest BCUT2D eigenvalue weighted by Gasteiger charge is -2.11. The van der Waals surface area contributed by atoms with Crippen LogP contribution in [0.5, 0.6) is 5.75 Å². The molecule has 0 unspecified atom stereocenters. The van der Waals surface area contributed by atoms with Gasteiger partial charge in [-0.25, -0.2) is 4.98 Å². The molecule has 0 bridgehead atoms. The van der Waals surface area contributed by atoms with E-state index in [0.717, 1.165) is 11.1 Å². The molecule has 0 fully saturated rings. The number of Topliss-reactive ketones (excluding diaryl/α,β-unsaturated/α-hetero) is 1. The van der Waals surface area contributed by atoms with Crippen molar-refractivity contribution in [3.8, 4) is 16.9 Å². The number of benzene rings is 2. The van der Waals surface area contributed by atoms with Crippen LogP contribution in [0.25, 0.3) is 22.0 Å². The zero-order valence-electron chi connectivity index (χ0n) is 17.2. The summed E-state index contributed by atoms with van der Waals surface area (Å²) < 4.78 is 5.27. The minimum absolute atomic E-state index is 0.0493. The molecule has 30 heavy (non-hydrogen) atoms. The molecule has 5 nitrogen and oxygen atoms in total. The van der Waals surface area contributed by atoms with E-state index >= 15 is 0 Å². The molecule has 6 heteroatoms. The van der Waals surface area contributed by atoms with Crippen molar-refractivity contribution < 1.29 is 19.4 Å². The lowest BCUT2D eigenvalue weighted by Crippen LogP contribution is -2.09. The fraction of sp³-hybridized carbons (Fsp3) is 0.292. The molecule has 2 aromatic carbocycles. The Bertz CT molecular complexity index is 1110. The first-order chi connectivity index (χ1) is 14.3. The summed E-state index contributed by atoms with van der Waals surface area (Å²) >= 11 is 3.38. The molecule has 0 radical (unpaired) electrons. The van der Waals surface area contributed by atoms with E-state index in [1.807, 2.05) is 30.3 Å². The number of rotatable bonds is 7. The summed E-state index contributed by atoms with van der Waals surface area (Å²) in [5, 5.41) is 11.2. The van der Waals surface area contributed by atoms with Gasteiger partial charge in [0.15, 0.2) is 11.5 Å². The Kier molecular flexibility index (Phi) is 6.87. The van der Waals surface area contributed by atoms with Crippen LogP contribution in [0, 0.1) is 0 Å². The Morgan fingerprint density at radius 2 is 1.83 bits per heavy atom. The lowest BCUT2D eigenvalue weighted by molar-refractivity contribution is -0.143. The van der Waals surface area contributed by atoms with Crippen molar-refractivity contribution in [3.63, 3.8) is 0 Å². The van der Waals surface area contributed by atoms with E-state index in [-0.39, 0.29) is 30.9 Å². The van der Waals surface area contributed by atoms with E-state index < -0.39 is 11.8 Å². The van der Waals surface area contributed by atoms with Gasteiger partial charge in [0.05, 0.1) is 23.0 Å². The zero-order chi connectivity index (χ0) is 21.8. The van der Waals surface area contributed by atoms with Gasteiger partial charge in [-0.2, -0.15) is 0 Å². The molecule has 1 N–H and O–H groups in total. The Labute approximate surface area is 184 Å². The number of fused-ring (bicyclic) bond motifs is 1. The molecule has 0 aliphatic heterocycles. The number of nitrogens with zero attached hydrogens (tertiary/aromatic N) is 1. The summed E-state index contributed by atoms with van der Waals surface area (Å²) in [4.78, 5) is 28.6. The van der Waals surface area contributed by atoms with Gasteiger partial charge in [0.1, 0.15) is 5.69 Å². The van der Waals surface area contributed by atoms with Gasteiger partial charge in [-0.05, 0) is 51.5 Å². The minimum atomic E-state index is -0.447. The number of ketones is 1. The molecule has 1 heterocycles. The monoisotopic (exact) mass is 469 g/mol. The SMILES string of the molecule is CCOC(=O)CCC(=O)c1nc2cc(-c3cccc(C(C)C)c3)ccc2c(Br)c1O. The van der Waals surface area contributed by atoms with Crippen LogP contribution in [0.15, 0.2) is 46.9 Å². The molecule has 3 rings (SSSR count). The number of carbonyl (C=O) groups excluding carboxylic acids is 2. The predicted octanol–water partition coefficient (Wildman–Crippen LogP) is 6.02. The van der Waals surface area contributed by atoms with Gasteiger partial charge in [-0.1, -0.05) is 50.2 Å². The molecule has 0 saturated heterocycles. The third-order valence-corrected chi connectivity index (χ3v) is 5.71. The van der Waals surface area contributed by atoms with E-state index in [4.69, 9.17) is 4.74 Å². The highest BCUT2D eigenvalue weighted by Crippen LogP contribution is 2.36. The Morgan fingerprint density at radius 3 is 2.53 bits per heavy atom. The topological polar surface area (TPSA) is 76.5 Å². The highest BCUT2D eigenvalue weighted by atomic mass is 79.9. The molecule has 1 aromatic heterocycles. The van der Waals surface area contributed by atoms with Crippen molar-refractivity contribution in [3.05, 3.63) is 58.2 Å². The van der Waals surface area contributed by atoms with Gasteiger partial charge in [0.25, 0.3) is 0 Å². The molecule has 0 aliphatic carbocycles. The fourth-order valence-electron chi connectivity index (χ4n) is 3.23. The second-order valence-electron chi connectivity index (χ2n) is 7.36. The highest BCUT2D eigenvalue weighted by molar-refractivity contribution is 9.10. The number of ether oxygens (including phenoxy) is 1. The Hall–Kier alpha value is -2.73. The Balaban J connectivity index is 1.99. The summed E-state index contributed by atoms with van der Waals surface area (Å²) in [7, 11) is 0. The summed E-state index contributed by atoms with van der Waals surface area (Å²) in [5.74, 6) is -0.656. The second-order valence-corrected chi connectivity index (χ2v) is 8.16. The van der Waals surface area contributed by atoms with E-state index in [0.29, 0.717) is 21.3 Å². The average Bonchev–Trinajstić information content (AvgIpc) is 2.74. The van der Waals surface area contributed by atoms with Crippen LogP contribution in [0.4, 0.5) is 0 Å².